The van der Waals surface area contributed by atoms with Gasteiger partial charge in [0, 0.05) is 5.56 Å². The summed E-state index contributed by atoms with van der Waals surface area (Å²) in [5, 5.41) is 0.550. The molecule has 16 heavy (non-hydrogen) atoms. The molecule has 1 rings (SSSR count). The second-order valence-electron chi connectivity index (χ2n) is 2.99. The number of ketones is 1. The summed E-state index contributed by atoms with van der Waals surface area (Å²) in [7, 11) is 1.16. The molecule has 1 atom stereocenters. The van der Waals surface area contributed by atoms with Gasteiger partial charge in [-0.15, -0.1) is 0 Å². The van der Waals surface area contributed by atoms with E-state index < -0.39 is 17.8 Å². The van der Waals surface area contributed by atoms with E-state index in [1.807, 2.05) is 0 Å². The third-order valence-electron chi connectivity index (χ3n) is 1.94. The largest absolute Gasteiger partial charge is 0.468 e. The van der Waals surface area contributed by atoms with Crippen molar-refractivity contribution in [1.29, 1.82) is 0 Å². The van der Waals surface area contributed by atoms with E-state index in [-0.39, 0.29) is 10.6 Å². The van der Waals surface area contributed by atoms with Gasteiger partial charge in [0.05, 0.1) is 17.2 Å². The van der Waals surface area contributed by atoms with Crippen molar-refractivity contribution in [3.05, 3.63) is 33.8 Å². The van der Waals surface area contributed by atoms with Gasteiger partial charge in [-0.05, 0) is 18.2 Å². The SMILES string of the molecule is COC(=O)C(N)C(=O)c1ccc(Cl)c(Cl)c1. The van der Waals surface area contributed by atoms with Crippen molar-refractivity contribution in [1.82, 2.24) is 0 Å². The number of carbonyl (C=O) groups excluding carboxylic acids is 2. The molecule has 0 saturated heterocycles. The molecule has 1 aromatic carbocycles. The maximum Gasteiger partial charge on any atom is 0.330 e. The Bertz CT molecular complexity index is 434. The van der Waals surface area contributed by atoms with Gasteiger partial charge in [-0.1, -0.05) is 23.2 Å². The molecule has 0 aliphatic rings. The fourth-order valence-electron chi connectivity index (χ4n) is 1.06. The van der Waals surface area contributed by atoms with E-state index >= 15 is 0 Å². The zero-order chi connectivity index (χ0) is 12.3. The first kappa shape index (κ1) is 13.0. The molecular formula is C10H9Cl2NO3. The van der Waals surface area contributed by atoms with E-state index in [4.69, 9.17) is 28.9 Å². The van der Waals surface area contributed by atoms with Crippen molar-refractivity contribution in [3.63, 3.8) is 0 Å². The van der Waals surface area contributed by atoms with E-state index in [2.05, 4.69) is 4.74 Å². The van der Waals surface area contributed by atoms with Crippen LogP contribution < -0.4 is 5.73 Å². The Labute approximate surface area is 102 Å². The number of benzene rings is 1. The minimum atomic E-state index is -1.35. The first-order valence-corrected chi connectivity index (χ1v) is 5.05. The minimum absolute atomic E-state index is 0.215. The summed E-state index contributed by atoms with van der Waals surface area (Å²) < 4.78 is 4.36. The summed E-state index contributed by atoms with van der Waals surface area (Å²) in [6, 6.07) is 2.91. The summed E-state index contributed by atoms with van der Waals surface area (Å²) in [4.78, 5) is 22.7. The molecule has 0 amide bonds. The van der Waals surface area contributed by atoms with Crippen LogP contribution in [0.1, 0.15) is 10.4 Å². The Morgan fingerprint density at radius 3 is 2.44 bits per heavy atom. The molecule has 0 aliphatic heterocycles. The summed E-state index contributed by atoms with van der Waals surface area (Å²) in [6.45, 7) is 0. The quantitative estimate of drug-likeness (QED) is 0.511. The van der Waals surface area contributed by atoms with Crippen molar-refractivity contribution in [2.45, 2.75) is 6.04 Å². The smallest absolute Gasteiger partial charge is 0.330 e. The van der Waals surface area contributed by atoms with Crippen LogP contribution >= 0.6 is 23.2 Å². The standard InChI is InChI=1S/C10H9Cl2NO3/c1-16-10(15)8(13)9(14)5-2-3-6(11)7(12)4-5/h2-4,8H,13H2,1H3. The van der Waals surface area contributed by atoms with Crippen LogP contribution in [-0.2, 0) is 9.53 Å². The number of hydrogen-bond donors (Lipinski definition) is 1. The van der Waals surface area contributed by atoms with E-state index in [9.17, 15) is 9.59 Å². The maximum atomic E-state index is 11.7. The molecule has 6 heteroatoms. The number of esters is 1. The third-order valence-corrected chi connectivity index (χ3v) is 2.68. The Balaban J connectivity index is 2.97. The Kier molecular flexibility index (Phi) is 4.29. The average molecular weight is 262 g/mol. The maximum absolute atomic E-state index is 11.7. The van der Waals surface area contributed by atoms with E-state index in [1.54, 1.807) is 0 Å². The molecule has 4 nitrogen and oxygen atoms in total. The lowest BCUT2D eigenvalue weighted by Gasteiger charge is -2.08. The van der Waals surface area contributed by atoms with Gasteiger partial charge in [-0.2, -0.15) is 0 Å². The molecule has 0 fully saturated rings. The number of methoxy groups -OCH3 is 1. The summed E-state index contributed by atoms with van der Waals surface area (Å²) in [5.74, 6) is -1.36. The molecule has 2 N–H and O–H groups in total. The number of ether oxygens (including phenoxy) is 1. The van der Waals surface area contributed by atoms with Crippen molar-refractivity contribution >= 4 is 35.0 Å². The van der Waals surface area contributed by atoms with Crippen LogP contribution in [0.25, 0.3) is 0 Å². The van der Waals surface area contributed by atoms with Gasteiger partial charge in [0.15, 0.2) is 11.8 Å². The van der Waals surface area contributed by atoms with Crippen LogP contribution in [0.4, 0.5) is 0 Å². The fourth-order valence-corrected chi connectivity index (χ4v) is 1.36. The van der Waals surface area contributed by atoms with Gasteiger partial charge >= 0.3 is 5.97 Å². The number of carbonyl (C=O) groups is 2. The molecule has 0 aliphatic carbocycles. The number of Topliss-reactive ketones (excluding diaryl/α,β-unsaturated/α-hetero) is 1. The van der Waals surface area contributed by atoms with E-state index in [0.717, 1.165) is 7.11 Å². The Hall–Kier alpha value is -1.10. The van der Waals surface area contributed by atoms with Crippen molar-refractivity contribution in [2.24, 2.45) is 5.73 Å². The average Bonchev–Trinajstić information content (AvgIpc) is 2.29. The molecule has 1 aromatic rings. The number of halogens is 2. The van der Waals surface area contributed by atoms with Gasteiger partial charge < -0.3 is 10.5 Å². The first-order valence-electron chi connectivity index (χ1n) is 4.30. The van der Waals surface area contributed by atoms with Crippen LogP contribution in [0.5, 0.6) is 0 Å². The second kappa shape index (κ2) is 5.30. The number of hydrogen-bond acceptors (Lipinski definition) is 4. The molecular weight excluding hydrogens is 253 g/mol. The van der Waals surface area contributed by atoms with Gasteiger partial charge in [0.25, 0.3) is 0 Å². The molecule has 0 saturated carbocycles. The van der Waals surface area contributed by atoms with Gasteiger partial charge in [-0.3, -0.25) is 4.79 Å². The third kappa shape index (κ3) is 2.72. The highest BCUT2D eigenvalue weighted by atomic mass is 35.5. The van der Waals surface area contributed by atoms with Gasteiger partial charge in [0.2, 0.25) is 0 Å². The zero-order valence-electron chi connectivity index (χ0n) is 8.37. The Morgan fingerprint density at radius 1 is 1.31 bits per heavy atom. The lowest BCUT2D eigenvalue weighted by molar-refractivity contribution is -0.140. The van der Waals surface area contributed by atoms with Crippen LogP contribution in [0.15, 0.2) is 18.2 Å². The highest BCUT2D eigenvalue weighted by Gasteiger charge is 2.24. The van der Waals surface area contributed by atoms with Crippen LogP contribution in [0, 0.1) is 0 Å². The van der Waals surface area contributed by atoms with E-state index in [1.165, 1.54) is 18.2 Å². The topological polar surface area (TPSA) is 69.4 Å². The highest BCUT2D eigenvalue weighted by Crippen LogP contribution is 2.23. The van der Waals surface area contributed by atoms with Crippen LogP contribution in [0.2, 0.25) is 10.0 Å². The molecule has 1 unspecified atom stereocenters. The molecule has 86 valence electrons. The molecule has 0 heterocycles. The molecule has 0 radical (unpaired) electrons. The monoisotopic (exact) mass is 261 g/mol. The second-order valence-corrected chi connectivity index (χ2v) is 3.81. The zero-order valence-corrected chi connectivity index (χ0v) is 9.88. The van der Waals surface area contributed by atoms with Crippen LogP contribution in [-0.4, -0.2) is 24.9 Å². The fraction of sp³-hybridized carbons (Fsp3) is 0.200. The summed E-state index contributed by atoms with van der Waals surface area (Å²) in [5.41, 5.74) is 5.61. The van der Waals surface area contributed by atoms with Gasteiger partial charge in [-0.25, -0.2) is 4.79 Å². The normalized spacial score (nSPS) is 12.0. The van der Waals surface area contributed by atoms with Gasteiger partial charge in [0.1, 0.15) is 0 Å². The molecule has 0 bridgehead atoms. The first-order chi connectivity index (χ1) is 7.47. The van der Waals surface area contributed by atoms with Crippen molar-refractivity contribution in [3.8, 4) is 0 Å². The minimum Gasteiger partial charge on any atom is -0.468 e. The predicted molar refractivity (Wildman–Crippen MR) is 60.8 cm³/mol. The number of rotatable bonds is 3. The summed E-state index contributed by atoms with van der Waals surface area (Å²) in [6.07, 6.45) is 0. The lowest BCUT2D eigenvalue weighted by atomic mass is 10.1. The van der Waals surface area contributed by atoms with Crippen molar-refractivity contribution < 1.29 is 14.3 Å². The van der Waals surface area contributed by atoms with Crippen molar-refractivity contribution in [2.75, 3.05) is 7.11 Å². The van der Waals surface area contributed by atoms with Crippen LogP contribution in [0.3, 0.4) is 0 Å². The molecule has 0 spiro atoms. The molecule has 0 aromatic heterocycles. The number of nitrogens with two attached hydrogens (primary N) is 1. The van der Waals surface area contributed by atoms with E-state index in [0.29, 0.717) is 5.02 Å². The summed E-state index contributed by atoms with van der Waals surface area (Å²) >= 11 is 11.4. The predicted octanol–water partition coefficient (Wildman–Crippen LogP) is 1.68. The lowest BCUT2D eigenvalue weighted by Crippen LogP contribution is -2.39. The highest BCUT2D eigenvalue weighted by molar-refractivity contribution is 6.42. The Morgan fingerprint density at radius 2 is 1.94 bits per heavy atom.